The molecule has 0 aliphatic heterocycles. The van der Waals surface area contributed by atoms with Gasteiger partial charge in [0.25, 0.3) is 0 Å². The molecule has 0 radical (unpaired) electrons. The van der Waals surface area contributed by atoms with Crippen LogP contribution in [0.3, 0.4) is 0 Å². The molecule has 0 saturated carbocycles. The third-order valence-electron chi connectivity index (χ3n) is 22.4. The number of nitrogens with two attached hydrogens (primary N) is 9. The number of primary amides is 2. The maximum absolute atomic E-state index is 11.4. The number of carbonyl (C=O) groups is 2. The first-order valence-electron chi connectivity index (χ1n) is 43.6. The average molecular weight is 1600 g/mol. The zero-order valence-corrected chi connectivity index (χ0v) is 71.4. The fraction of sp³-hybridized carbons (Fsp3) is 0.317. The van der Waals surface area contributed by atoms with Crippen LogP contribution in [0.25, 0.3) is 65.6 Å². The quantitative estimate of drug-likeness (QED) is 0.0169. The molecule has 0 bridgehead atoms. The number of nitrogen functional groups attached to an aromatic ring is 5. The molecule has 120 heavy (non-hydrogen) atoms. The predicted molar refractivity (Wildman–Crippen MR) is 507 cm³/mol. The van der Waals surface area contributed by atoms with Crippen LogP contribution in [0, 0.1) is 0 Å². The lowest BCUT2D eigenvalue weighted by molar-refractivity contribution is -0.118. The number of amides is 2. The molecule has 0 unspecified atom stereocenters. The normalized spacial score (nSPS) is 11.0. The molecule has 5 aromatic heterocycles. The summed E-state index contributed by atoms with van der Waals surface area (Å²) in [6.07, 6.45) is 27.3. The Hall–Kier alpha value is -12.1. The third-order valence-corrected chi connectivity index (χ3v) is 22.4. The molecule has 624 valence electrons. The second-order valence-electron chi connectivity index (χ2n) is 31.5. The van der Waals surface area contributed by atoms with Crippen molar-refractivity contribution in [2.75, 3.05) is 28.7 Å². The summed E-state index contributed by atoms with van der Waals surface area (Å²) in [7, 11) is 0. The van der Waals surface area contributed by atoms with Gasteiger partial charge in [-0.25, -0.2) is 24.9 Å². The van der Waals surface area contributed by atoms with Gasteiger partial charge >= 0.3 is 0 Å². The number of carbonyl (C=O) groups excluding carboxylic acids is 2. The Bertz CT molecular complexity index is 5670. The van der Waals surface area contributed by atoms with Crippen molar-refractivity contribution in [2.24, 2.45) is 22.9 Å². The van der Waals surface area contributed by atoms with E-state index in [1.165, 1.54) is 143 Å². The molecule has 9 aromatic carbocycles. The molecule has 0 atom stereocenters. The van der Waals surface area contributed by atoms with E-state index < -0.39 is 5.91 Å². The van der Waals surface area contributed by atoms with Crippen molar-refractivity contribution in [1.82, 2.24) is 24.9 Å². The molecule has 0 fully saturated rings. The fourth-order valence-electron chi connectivity index (χ4n) is 15.6. The second kappa shape index (κ2) is 46.9. The standard InChI is InChI=1S/C22H25N3O.C22H27N3.C21H25N3.C21H24N2.C18H25N3O/c1-2-3-4-8-17-14-19-16(9-6-11-20(19)25-21(17)23)12-15-7-5-10-18(13-15)22(24)26;1-2-3-4-9-18-14-20-17(11-7-12-21(20)25-22(18)24)13-16-8-5-6-10-19(16)15-23;1-2-3-4-8-17-13-19-18(10-6-11-20(19)24-21(17)23)16-9-5-7-15(12-16)14-22;1-2-3-5-11-18-15-19-17(14-16-9-6-4-7-10-16)12-8-13-20(19)23-21(18)22;1-2-3-4-7-14-12-15-13(9-6-11-17(19)22)8-5-10-16(15)21-18(14)20/h5-7,9-11,13-14H,2-4,8,12H2,1H3,(H2,23,25)(H2,24,26);5-8,10-12,14H,2-4,9,13,15,23H2,1H3,(H2,24,25);5-7,9-13H,2-4,8,14,22H2,1H3,(H2,23,24);4,6-10,12-13,15H,2-3,5,11,14H2,1H3,(H2,22,23);5,8,10,12H,2-4,6-7,9,11H2,1H3,(H2,19,22)(H2,20,21). The van der Waals surface area contributed by atoms with Gasteiger partial charge < -0.3 is 51.6 Å². The van der Waals surface area contributed by atoms with E-state index in [-0.39, 0.29) is 5.91 Å². The van der Waals surface area contributed by atoms with Crippen molar-refractivity contribution in [1.29, 1.82) is 0 Å². The zero-order valence-electron chi connectivity index (χ0n) is 71.4. The van der Waals surface area contributed by atoms with Crippen molar-refractivity contribution in [3.8, 4) is 11.1 Å². The van der Waals surface area contributed by atoms with E-state index in [1.54, 1.807) is 6.07 Å². The Balaban J connectivity index is 0.000000158. The Morgan fingerprint density at radius 3 is 1.02 bits per heavy atom. The maximum Gasteiger partial charge on any atom is 0.248 e. The van der Waals surface area contributed by atoms with Crippen molar-refractivity contribution in [3.63, 3.8) is 0 Å². The number of aromatic nitrogens is 5. The lowest BCUT2D eigenvalue weighted by atomic mass is 9.95. The van der Waals surface area contributed by atoms with E-state index in [0.717, 1.165) is 161 Å². The highest BCUT2D eigenvalue weighted by molar-refractivity contribution is 5.97. The van der Waals surface area contributed by atoms with Crippen LogP contribution in [0.5, 0.6) is 0 Å². The maximum atomic E-state index is 11.4. The largest absolute Gasteiger partial charge is 0.383 e. The number of pyridine rings is 5. The summed E-state index contributed by atoms with van der Waals surface area (Å²) in [6.45, 7) is 12.2. The zero-order chi connectivity index (χ0) is 85.1. The summed E-state index contributed by atoms with van der Waals surface area (Å²) < 4.78 is 0. The van der Waals surface area contributed by atoms with E-state index in [9.17, 15) is 9.59 Å². The number of hydrogen-bond donors (Lipinski definition) is 9. The van der Waals surface area contributed by atoms with Crippen LogP contribution in [0.4, 0.5) is 29.1 Å². The molecule has 14 rings (SSSR count). The fourth-order valence-corrected chi connectivity index (χ4v) is 15.6. The number of anilines is 5. The van der Waals surface area contributed by atoms with Gasteiger partial charge in [0.15, 0.2) is 0 Å². The second-order valence-corrected chi connectivity index (χ2v) is 31.5. The van der Waals surface area contributed by atoms with Crippen LogP contribution in [-0.4, -0.2) is 36.7 Å². The SMILES string of the molecule is CCCCCc1cc2c(-c3cccc(CN)c3)cccc2nc1N.CCCCCc1cc2c(CCCC(N)=O)cccc2nc1N.CCCCCc1cc2c(Cc3cccc(C(N)=O)c3)cccc2nc1N.CCCCCc1cc2c(Cc3ccccc3)cccc2nc1N.CCCCCc1cc2c(Cc3ccccc3CN)cccc2nc1N. The summed E-state index contributed by atoms with van der Waals surface area (Å²) in [5.41, 5.74) is 77.4. The highest BCUT2D eigenvalue weighted by Crippen LogP contribution is 2.34. The van der Waals surface area contributed by atoms with Crippen LogP contribution in [0.2, 0.25) is 0 Å². The number of rotatable bonds is 34. The highest BCUT2D eigenvalue weighted by atomic mass is 16.1. The number of benzene rings is 9. The number of unbranched alkanes of at least 4 members (excludes halogenated alkanes) is 10. The first-order valence-corrected chi connectivity index (χ1v) is 43.6. The van der Waals surface area contributed by atoms with Gasteiger partial charge in [0.1, 0.15) is 29.1 Å². The predicted octanol–water partition coefficient (Wildman–Crippen LogP) is 22.0. The van der Waals surface area contributed by atoms with Crippen molar-refractivity contribution < 1.29 is 9.59 Å². The molecule has 14 aromatic rings. The van der Waals surface area contributed by atoms with Gasteiger partial charge in [-0.1, -0.05) is 244 Å². The first-order chi connectivity index (χ1) is 58.4. The molecule has 18 N–H and O–H groups in total. The number of hydrogen-bond acceptors (Lipinski definition) is 14. The smallest absolute Gasteiger partial charge is 0.248 e. The molecule has 16 nitrogen and oxygen atoms in total. The van der Waals surface area contributed by atoms with Crippen molar-refractivity contribution >= 4 is 95.4 Å². The molecule has 16 heteroatoms. The van der Waals surface area contributed by atoms with Gasteiger partial charge in [-0.3, -0.25) is 9.59 Å². The van der Waals surface area contributed by atoms with E-state index in [0.29, 0.717) is 54.2 Å². The van der Waals surface area contributed by atoms with Gasteiger partial charge in [0, 0.05) is 52.0 Å². The van der Waals surface area contributed by atoms with E-state index in [1.807, 2.05) is 66.7 Å². The Morgan fingerprint density at radius 1 is 0.275 bits per heavy atom. The monoisotopic (exact) mass is 1600 g/mol. The minimum Gasteiger partial charge on any atom is -0.383 e. The van der Waals surface area contributed by atoms with Crippen LogP contribution in [0.1, 0.15) is 232 Å². The van der Waals surface area contributed by atoms with Crippen LogP contribution in [-0.2, 0) is 75.7 Å². The summed E-state index contributed by atoms with van der Waals surface area (Å²) in [5.74, 6) is 2.62. The van der Waals surface area contributed by atoms with Gasteiger partial charge in [-0.15, -0.1) is 0 Å². The van der Waals surface area contributed by atoms with Gasteiger partial charge in [0.2, 0.25) is 11.8 Å². The molecule has 0 spiro atoms. The highest BCUT2D eigenvalue weighted by Gasteiger charge is 2.17. The number of nitrogens with zero attached hydrogens (tertiary/aromatic N) is 5. The van der Waals surface area contributed by atoms with E-state index in [2.05, 4.69) is 211 Å². The molecular formula is C104H126N14O2. The van der Waals surface area contributed by atoms with E-state index in [4.69, 9.17) is 51.6 Å². The van der Waals surface area contributed by atoms with E-state index >= 15 is 0 Å². The Morgan fingerprint density at radius 2 is 0.608 bits per heavy atom. The van der Waals surface area contributed by atoms with Crippen LogP contribution in [0.15, 0.2) is 224 Å². The molecule has 0 saturated heterocycles. The average Bonchev–Trinajstić information content (AvgIpc) is 0.794. The van der Waals surface area contributed by atoms with Crippen molar-refractivity contribution in [2.45, 2.75) is 215 Å². The number of aryl methyl sites for hydroxylation is 6. The minimum absolute atomic E-state index is 0.247. The van der Waals surface area contributed by atoms with Gasteiger partial charge in [-0.2, -0.15) is 0 Å². The van der Waals surface area contributed by atoms with Gasteiger partial charge in [0.05, 0.1) is 27.6 Å². The summed E-state index contributed by atoms with van der Waals surface area (Å²) in [4.78, 5) is 45.4. The van der Waals surface area contributed by atoms with Crippen molar-refractivity contribution in [3.05, 3.63) is 308 Å². The van der Waals surface area contributed by atoms with Crippen LogP contribution >= 0.6 is 0 Å². The summed E-state index contributed by atoms with van der Waals surface area (Å²) in [5, 5.41) is 5.87. The molecule has 5 heterocycles. The lowest BCUT2D eigenvalue weighted by Gasteiger charge is -2.12. The third kappa shape index (κ3) is 25.9. The molecule has 2 amide bonds. The topological polar surface area (TPSA) is 333 Å². The van der Waals surface area contributed by atoms with Gasteiger partial charge in [-0.05, 0) is 264 Å². The Kier molecular flexibility index (Phi) is 35.2. The minimum atomic E-state index is -0.405. The summed E-state index contributed by atoms with van der Waals surface area (Å²) >= 11 is 0. The molecular weight excluding hydrogens is 1480 g/mol. The molecule has 0 aliphatic carbocycles. The lowest BCUT2D eigenvalue weighted by Crippen LogP contribution is -2.11. The van der Waals surface area contributed by atoms with Crippen LogP contribution < -0.4 is 51.6 Å². The summed E-state index contributed by atoms with van der Waals surface area (Å²) in [6, 6.07) is 76.9. The number of fused-ring (bicyclic) bond motifs is 5. The molecule has 0 aliphatic rings. The first kappa shape index (κ1) is 90.2. The Labute approximate surface area is 711 Å².